The Hall–Kier alpha value is -2.44. The van der Waals surface area contributed by atoms with Crippen molar-refractivity contribution in [1.82, 2.24) is 14.8 Å². The monoisotopic (exact) mass is 481 g/mol. The van der Waals surface area contributed by atoms with E-state index in [1.807, 2.05) is 9.80 Å². The Balaban J connectivity index is 1.18. The highest BCUT2D eigenvalue weighted by atomic mass is 35.5. The molecule has 2 aromatic rings. The Kier molecular flexibility index (Phi) is 6.89. The minimum Gasteiger partial charge on any atom is -0.480 e. The molecule has 2 aliphatic heterocycles. The molecule has 1 aromatic heterocycles. The summed E-state index contributed by atoms with van der Waals surface area (Å²) in [6.45, 7) is 2.58. The predicted octanol–water partition coefficient (Wildman–Crippen LogP) is 4.47. The van der Waals surface area contributed by atoms with Gasteiger partial charge in [-0.05, 0) is 74.3 Å². The van der Waals surface area contributed by atoms with Crippen molar-refractivity contribution in [3.8, 4) is 0 Å². The molecule has 0 unspecified atom stereocenters. The van der Waals surface area contributed by atoms with Gasteiger partial charge in [0.15, 0.2) is 0 Å². The zero-order valence-electron chi connectivity index (χ0n) is 19.5. The summed E-state index contributed by atoms with van der Waals surface area (Å²) in [4.78, 5) is 34.2. The maximum absolute atomic E-state index is 13.3. The van der Waals surface area contributed by atoms with Gasteiger partial charge in [-0.15, -0.1) is 0 Å². The molecule has 1 aliphatic carbocycles. The average molecular weight is 482 g/mol. The Morgan fingerprint density at radius 1 is 0.971 bits per heavy atom. The first-order valence-corrected chi connectivity index (χ1v) is 12.9. The van der Waals surface area contributed by atoms with Crippen molar-refractivity contribution < 1.29 is 14.7 Å². The van der Waals surface area contributed by atoms with Gasteiger partial charge in [0.1, 0.15) is 6.04 Å². The van der Waals surface area contributed by atoms with Gasteiger partial charge in [-0.1, -0.05) is 29.8 Å². The van der Waals surface area contributed by atoms with Crippen LogP contribution in [0, 0.1) is 5.92 Å². The number of aromatic nitrogens is 1. The van der Waals surface area contributed by atoms with E-state index in [0.717, 1.165) is 38.8 Å². The first-order valence-electron chi connectivity index (χ1n) is 12.5. The Morgan fingerprint density at radius 3 is 2.44 bits per heavy atom. The van der Waals surface area contributed by atoms with Gasteiger partial charge in [0.25, 0.3) is 0 Å². The second-order valence-corrected chi connectivity index (χ2v) is 10.4. The molecule has 0 bridgehead atoms. The van der Waals surface area contributed by atoms with Gasteiger partial charge in [-0.2, -0.15) is 0 Å². The fourth-order valence-electron chi connectivity index (χ4n) is 5.86. The number of piperidine rings is 1. The lowest BCUT2D eigenvalue weighted by Gasteiger charge is -2.34. The lowest BCUT2D eigenvalue weighted by molar-refractivity contribution is -0.144. The highest BCUT2D eigenvalue weighted by Gasteiger charge is 2.38. The van der Waals surface area contributed by atoms with E-state index < -0.39 is 12.0 Å². The highest BCUT2D eigenvalue weighted by Crippen LogP contribution is 2.33. The topological polar surface area (TPSA) is 73.7 Å². The lowest BCUT2D eigenvalue weighted by atomic mass is 9.90. The van der Waals surface area contributed by atoms with Crippen molar-refractivity contribution in [2.24, 2.45) is 5.92 Å². The van der Waals surface area contributed by atoms with E-state index in [1.54, 1.807) is 24.3 Å². The molecule has 0 saturated carbocycles. The van der Waals surface area contributed by atoms with E-state index in [4.69, 9.17) is 16.6 Å². The molecule has 2 atom stereocenters. The van der Waals surface area contributed by atoms with Crippen molar-refractivity contribution in [2.45, 2.75) is 56.9 Å². The smallest absolute Gasteiger partial charge is 0.325 e. The van der Waals surface area contributed by atoms with Gasteiger partial charge in [0.05, 0.1) is 5.92 Å². The van der Waals surface area contributed by atoms with E-state index in [1.165, 1.54) is 29.8 Å². The van der Waals surface area contributed by atoms with Crippen LogP contribution < -0.4 is 0 Å². The van der Waals surface area contributed by atoms with Crippen molar-refractivity contribution in [1.29, 1.82) is 0 Å². The van der Waals surface area contributed by atoms with Crippen LogP contribution in [0.25, 0.3) is 0 Å². The third kappa shape index (κ3) is 4.84. The summed E-state index contributed by atoms with van der Waals surface area (Å²) >= 11 is 5.97. The van der Waals surface area contributed by atoms with E-state index in [0.29, 0.717) is 36.0 Å². The first kappa shape index (κ1) is 23.3. The van der Waals surface area contributed by atoms with Gasteiger partial charge in [0.2, 0.25) is 5.91 Å². The third-order valence-electron chi connectivity index (χ3n) is 7.78. The largest absolute Gasteiger partial charge is 0.480 e. The fourth-order valence-corrected chi connectivity index (χ4v) is 5.98. The molecular weight excluding hydrogens is 450 g/mol. The first-order chi connectivity index (χ1) is 16.5. The van der Waals surface area contributed by atoms with Crippen molar-refractivity contribution >= 4 is 23.5 Å². The SMILES string of the molecule is O=C(O)[C@H](c1ccc(Cl)cc1)N1CC[C@@H](C(=O)N2CCC(c3ccc4c(n3)CCCC4)CC2)C1. The van der Waals surface area contributed by atoms with Gasteiger partial charge in [-0.3, -0.25) is 19.5 Å². The molecule has 0 spiro atoms. The number of aliphatic carboxylic acids is 1. The summed E-state index contributed by atoms with van der Waals surface area (Å²) in [6.07, 6.45) is 7.31. The summed E-state index contributed by atoms with van der Waals surface area (Å²) in [7, 11) is 0. The number of pyridine rings is 1. The van der Waals surface area contributed by atoms with Crippen LogP contribution in [0.2, 0.25) is 5.02 Å². The van der Waals surface area contributed by atoms with Gasteiger partial charge >= 0.3 is 5.97 Å². The maximum Gasteiger partial charge on any atom is 0.325 e. The van der Waals surface area contributed by atoms with Crippen LogP contribution in [-0.2, 0) is 22.4 Å². The average Bonchev–Trinajstić information content (AvgIpc) is 3.34. The van der Waals surface area contributed by atoms with Crippen molar-refractivity contribution in [3.05, 3.63) is 63.9 Å². The van der Waals surface area contributed by atoms with E-state index in [2.05, 4.69) is 12.1 Å². The number of hydrogen-bond acceptors (Lipinski definition) is 4. The molecule has 1 aromatic carbocycles. The Labute approximate surface area is 205 Å². The molecular formula is C27H32ClN3O3. The van der Waals surface area contributed by atoms with Crippen LogP contribution in [0.4, 0.5) is 0 Å². The number of rotatable bonds is 5. The van der Waals surface area contributed by atoms with Crippen molar-refractivity contribution in [3.63, 3.8) is 0 Å². The van der Waals surface area contributed by atoms with Crippen LogP contribution in [0.15, 0.2) is 36.4 Å². The minimum absolute atomic E-state index is 0.146. The summed E-state index contributed by atoms with van der Waals surface area (Å²) < 4.78 is 0. The van der Waals surface area contributed by atoms with Crippen LogP contribution >= 0.6 is 11.6 Å². The number of benzene rings is 1. The number of carbonyl (C=O) groups excluding carboxylic acids is 1. The number of carboxylic acids is 1. The zero-order chi connectivity index (χ0) is 23.7. The molecule has 0 radical (unpaired) electrons. The Bertz CT molecular complexity index is 1050. The van der Waals surface area contributed by atoms with Gasteiger partial charge in [-0.25, -0.2) is 0 Å². The standard InChI is InChI=1S/C27H32ClN3O3/c28-22-8-5-20(6-9-22)25(27(33)34)31-16-13-21(17-31)26(32)30-14-11-19(12-15-30)24-10-7-18-3-1-2-4-23(18)29-24/h5-10,19,21,25H,1-4,11-17H2,(H,33,34)/t21-,25+/m1/s1. The molecule has 5 rings (SSSR count). The van der Waals surface area contributed by atoms with E-state index >= 15 is 0 Å². The molecule has 180 valence electrons. The summed E-state index contributed by atoms with van der Waals surface area (Å²) in [5, 5.41) is 10.4. The Morgan fingerprint density at radius 2 is 1.71 bits per heavy atom. The number of likely N-dealkylation sites (tertiary alicyclic amines) is 2. The third-order valence-corrected chi connectivity index (χ3v) is 8.03. The van der Waals surface area contributed by atoms with Gasteiger partial charge < -0.3 is 10.0 Å². The zero-order valence-corrected chi connectivity index (χ0v) is 20.2. The summed E-state index contributed by atoms with van der Waals surface area (Å²) in [5.41, 5.74) is 4.57. The number of amides is 1. The number of hydrogen-bond donors (Lipinski definition) is 1. The normalized spacial score (nSPS) is 22.4. The molecule has 3 heterocycles. The quantitative estimate of drug-likeness (QED) is 0.682. The molecule has 7 heteroatoms. The molecule has 34 heavy (non-hydrogen) atoms. The molecule has 1 amide bonds. The molecule has 2 fully saturated rings. The molecule has 6 nitrogen and oxygen atoms in total. The van der Waals surface area contributed by atoms with Crippen LogP contribution in [0.5, 0.6) is 0 Å². The second kappa shape index (κ2) is 10.0. The van der Waals surface area contributed by atoms with Crippen LogP contribution in [-0.4, -0.2) is 57.9 Å². The summed E-state index contributed by atoms with van der Waals surface area (Å²) in [5.74, 6) is -0.460. The van der Waals surface area contributed by atoms with Crippen LogP contribution in [0.3, 0.4) is 0 Å². The fraction of sp³-hybridized carbons (Fsp3) is 0.519. The maximum atomic E-state index is 13.3. The van der Waals surface area contributed by atoms with E-state index in [9.17, 15) is 14.7 Å². The predicted molar refractivity (Wildman–Crippen MR) is 131 cm³/mol. The van der Waals surface area contributed by atoms with Crippen molar-refractivity contribution in [2.75, 3.05) is 26.2 Å². The van der Waals surface area contributed by atoms with E-state index in [-0.39, 0.29) is 11.8 Å². The summed E-state index contributed by atoms with van der Waals surface area (Å²) in [6, 6.07) is 10.7. The second-order valence-electron chi connectivity index (χ2n) is 9.92. The number of aryl methyl sites for hydroxylation is 2. The number of carboxylic acid groups (broad SMARTS) is 1. The highest BCUT2D eigenvalue weighted by molar-refractivity contribution is 6.30. The number of fused-ring (bicyclic) bond motifs is 1. The molecule has 2 saturated heterocycles. The molecule has 1 N–H and O–H groups in total. The van der Waals surface area contributed by atoms with Crippen LogP contribution in [0.1, 0.15) is 66.6 Å². The molecule has 3 aliphatic rings. The minimum atomic E-state index is -0.895. The number of halogens is 1. The lowest BCUT2D eigenvalue weighted by Crippen LogP contribution is -2.42. The number of carbonyl (C=O) groups is 2. The number of nitrogens with zero attached hydrogens (tertiary/aromatic N) is 3. The van der Waals surface area contributed by atoms with Gasteiger partial charge in [0, 0.05) is 48.5 Å².